The van der Waals surface area contributed by atoms with Gasteiger partial charge in [-0.05, 0) is 0 Å². The second-order valence-electron chi connectivity index (χ2n) is 4.61. The number of nitrogens with zero attached hydrogens (tertiary/aromatic N) is 3. The van der Waals surface area contributed by atoms with E-state index >= 15 is 0 Å². The SMILES string of the molecule is NCCn1cnc(C(=O)N2CCSCC2CC(=O)O)c1. The van der Waals surface area contributed by atoms with Crippen LogP contribution < -0.4 is 5.73 Å². The average molecular weight is 298 g/mol. The van der Waals surface area contributed by atoms with Crippen molar-refractivity contribution in [2.24, 2.45) is 5.73 Å². The zero-order valence-corrected chi connectivity index (χ0v) is 11.9. The minimum absolute atomic E-state index is 0.0255. The standard InChI is InChI=1S/C12H18N4O3S/c13-1-2-15-6-10(14-8-15)12(19)16-3-4-20-7-9(16)5-11(17)18/h6,8-9H,1-5,7,13H2,(H,17,18). The Kier molecular flexibility index (Phi) is 5.02. The highest BCUT2D eigenvalue weighted by molar-refractivity contribution is 7.99. The van der Waals surface area contributed by atoms with E-state index in [0.29, 0.717) is 31.1 Å². The van der Waals surface area contributed by atoms with Crippen molar-refractivity contribution in [1.82, 2.24) is 14.5 Å². The molecule has 1 fully saturated rings. The first-order valence-corrected chi connectivity index (χ1v) is 7.59. The second kappa shape index (κ2) is 6.76. The van der Waals surface area contributed by atoms with E-state index in [9.17, 15) is 9.59 Å². The van der Waals surface area contributed by atoms with Crippen LogP contribution in [0.15, 0.2) is 12.5 Å². The number of carbonyl (C=O) groups is 2. The molecule has 110 valence electrons. The molecule has 1 aliphatic heterocycles. The lowest BCUT2D eigenvalue weighted by Crippen LogP contribution is -2.47. The van der Waals surface area contributed by atoms with Crippen molar-refractivity contribution >= 4 is 23.6 Å². The van der Waals surface area contributed by atoms with Gasteiger partial charge in [-0.25, -0.2) is 4.98 Å². The number of imidazole rings is 1. The van der Waals surface area contributed by atoms with Crippen molar-refractivity contribution in [3.05, 3.63) is 18.2 Å². The van der Waals surface area contributed by atoms with E-state index in [-0.39, 0.29) is 18.4 Å². The van der Waals surface area contributed by atoms with Crippen LogP contribution in [0.4, 0.5) is 0 Å². The van der Waals surface area contributed by atoms with Crippen LogP contribution in [0.2, 0.25) is 0 Å². The molecule has 1 atom stereocenters. The van der Waals surface area contributed by atoms with Gasteiger partial charge in [0.15, 0.2) is 0 Å². The van der Waals surface area contributed by atoms with E-state index in [1.165, 1.54) is 0 Å². The quantitative estimate of drug-likeness (QED) is 0.785. The van der Waals surface area contributed by atoms with Gasteiger partial charge in [-0.15, -0.1) is 0 Å². The van der Waals surface area contributed by atoms with Crippen molar-refractivity contribution in [3.8, 4) is 0 Å². The predicted molar refractivity (Wildman–Crippen MR) is 75.7 cm³/mol. The predicted octanol–water partition coefficient (Wildman–Crippen LogP) is -0.126. The number of carbonyl (C=O) groups excluding carboxylic acids is 1. The molecule has 2 heterocycles. The Labute approximate surface area is 121 Å². The van der Waals surface area contributed by atoms with Crippen molar-refractivity contribution in [2.75, 3.05) is 24.6 Å². The van der Waals surface area contributed by atoms with Crippen molar-refractivity contribution in [3.63, 3.8) is 0 Å². The molecule has 1 aromatic rings. The summed E-state index contributed by atoms with van der Waals surface area (Å²) in [6.07, 6.45) is 3.21. The lowest BCUT2D eigenvalue weighted by Gasteiger charge is -2.34. The fourth-order valence-corrected chi connectivity index (χ4v) is 3.24. The molecule has 1 saturated heterocycles. The number of nitrogens with two attached hydrogens (primary N) is 1. The smallest absolute Gasteiger partial charge is 0.305 e. The fraction of sp³-hybridized carbons (Fsp3) is 0.583. The molecule has 2 rings (SSSR count). The summed E-state index contributed by atoms with van der Waals surface area (Å²) in [4.78, 5) is 29.0. The molecule has 0 radical (unpaired) electrons. The van der Waals surface area contributed by atoms with Gasteiger partial charge in [-0.3, -0.25) is 9.59 Å². The first kappa shape index (κ1) is 14.9. The van der Waals surface area contributed by atoms with Crippen LogP contribution in [-0.4, -0.2) is 62.1 Å². The van der Waals surface area contributed by atoms with Gasteiger partial charge in [0.1, 0.15) is 5.69 Å². The minimum atomic E-state index is -0.885. The number of amides is 1. The zero-order valence-electron chi connectivity index (χ0n) is 11.1. The molecule has 0 saturated carbocycles. The van der Waals surface area contributed by atoms with Gasteiger partial charge in [0.25, 0.3) is 5.91 Å². The molecule has 0 spiro atoms. The molecule has 1 unspecified atom stereocenters. The maximum absolute atomic E-state index is 12.4. The second-order valence-corrected chi connectivity index (χ2v) is 5.76. The molecule has 1 aliphatic rings. The van der Waals surface area contributed by atoms with Crippen LogP contribution in [-0.2, 0) is 11.3 Å². The third kappa shape index (κ3) is 3.51. The number of carboxylic acids is 1. The summed E-state index contributed by atoms with van der Waals surface area (Å²) < 4.78 is 1.76. The van der Waals surface area contributed by atoms with Gasteiger partial charge < -0.3 is 20.3 Å². The van der Waals surface area contributed by atoms with Crippen molar-refractivity contribution in [2.45, 2.75) is 19.0 Å². The van der Waals surface area contributed by atoms with Gasteiger partial charge in [-0.1, -0.05) is 0 Å². The first-order chi connectivity index (χ1) is 9.61. The number of hydrogen-bond acceptors (Lipinski definition) is 5. The molecular weight excluding hydrogens is 280 g/mol. The maximum atomic E-state index is 12.4. The van der Waals surface area contributed by atoms with E-state index in [1.807, 2.05) is 0 Å². The van der Waals surface area contributed by atoms with E-state index < -0.39 is 5.97 Å². The molecule has 1 amide bonds. The molecule has 0 aromatic carbocycles. The molecule has 8 heteroatoms. The number of carboxylic acid groups (broad SMARTS) is 1. The third-order valence-electron chi connectivity index (χ3n) is 3.14. The van der Waals surface area contributed by atoms with Gasteiger partial charge in [0, 0.05) is 37.3 Å². The maximum Gasteiger partial charge on any atom is 0.305 e. The largest absolute Gasteiger partial charge is 0.481 e. The molecule has 3 N–H and O–H groups in total. The average Bonchev–Trinajstić information content (AvgIpc) is 2.87. The van der Waals surface area contributed by atoms with Crippen LogP contribution in [0.5, 0.6) is 0 Å². The molecule has 0 aliphatic carbocycles. The Morgan fingerprint density at radius 1 is 1.55 bits per heavy atom. The van der Waals surface area contributed by atoms with Crippen LogP contribution in [0.3, 0.4) is 0 Å². The highest BCUT2D eigenvalue weighted by Crippen LogP contribution is 2.20. The summed E-state index contributed by atoms with van der Waals surface area (Å²) >= 11 is 1.68. The fourth-order valence-electron chi connectivity index (χ4n) is 2.18. The van der Waals surface area contributed by atoms with Crippen molar-refractivity contribution in [1.29, 1.82) is 0 Å². The van der Waals surface area contributed by atoms with E-state index in [2.05, 4.69) is 4.98 Å². The summed E-state index contributed by atoms with van der Waals surface area (Å²) in [5.74, 6) is 0.392. The summed E-state index contributed by atoms with van der Waals surface area (Å²) in [6.45, 7) is 1.64. The molecular formula is C12H18N4O3S. The molecule has 7 nitrogen and oxygen atoms in total. The lowest BCUT2D eigenvalue weighted by atomic mass is 10.2. The third-order valence-corrected chi connectivity index (χ3v) is 4.23. The number of aromatic nitrogens is 2. The summed E-state index contributed by atoms with van der Waals surface area (Å²) in [5, 5.41) is 8.93. The minimum Gasteiger partial charge on any atom is -0.481 e. The van der Waals surface area contributed by atoms with Crippen LogP contribution >= 0.6 is 11.8 Å². The topological polar surface area (TPSA) is 101 Å². The summed E-state index contributed by atoms with van der Waals surface area (Å²) in [5.41, 5.74) is 5.80. The summed E-state index contributed by atoms with van der Waals surface area (Å²) in [6, 6.07) is -0.265. The van der Waals surface area contributed by atoms with E-state index in [4.69, 9.17) is 10.8 Å². The first-order valence-electron chi connectivity index (χ1n) is 6.44. The Morgan fingerprint density at radius 3 is 3.05 bits per heavy atom. The monoisotopic (exact) mass is 298 g/mol. The highest BCUT2D eigenvalue weighted by Gasteiger charge is 2.30. The Morgan fingerprint density at radius 2 is 2.35 bits per heavy atom. The zero-order chi connectivity index (χ0) is 14.5. The molecule has 0 bridgehead atoms. The van der Waals surface area contributed by atoms with Crippen LogP contribution in [0, 0.1) is 0 Å². The Hall–Kier alpha value is -1.54. The number of rotatable bonds is 5. The van der Waals surface area contributed by atoms with E-state index in [1.54, 1.807) is 33.8 Å². The lowest BCUT2D eigenvalue weighted by molar-refractivity contribution is -0.138. The number of thioether (sulfide) groups is 1. The van der Waals surface area contributed by atoms with Crippen LogP contribution in [0.1, 0.15) is 16.9 Å². The number of hydrogen-bond donors (Lipinski definition) is 2. The Balaban J connectivity index is 2.09. The van der Waals surface area contributed by atoms with Crippen LogP contribution in [0.25, 0.3) is 0 Å². The molecule has 1 aromatic heterocycles. The van der Waals surface area contributed by atoms with E-state index in [0.717, 1.165) is 5.75 Å². The highest BCUT2D eigenvalue weighted by atomic mass is 32.2. The summed E-state index contributed by atoms with van der Waals surface area (Å²) in [7, 11) is 0. The Bertz CT molecular complexity index is 491. The number of aliphatic carboxylic acids is 1. The molecule has 20 heavy (non-hydrogen) atoms. The van der Waals surface area contributed by atoms with Gasteiger partial charge in [-0.2, -0.15) is 11.8 Å². The van der Waals surface area contributed by atoms with Gasteiger partial charge in [0.05, 0.1) is 18.8 Å². The van der Waals surface area contributed by atoms with Gasteiger partial charge >= 0.3 is 5.97 Å². The van der Waals surface area contributed by atoms with Crippen molar-refractivity contribution < 1.29 is 14.7 Å². The normalized spacial score (nSPS) is 19.1. The van der Waals surface area contributed by atoms with Gasteiger partial charge in [0.2, 0.25) is 0 Å².